The fraction of sp³-hybridized carbons (Fsp3) is 0.308. The van der Waals surface area contributed by atoms with E-state index in [0.717, 1.165) is 29.4 Å². The van der Waals surface area contributed by atoms with Crippen LogP contribution in [0.15, 0.2) is 59.9 Å². The number of fused-ring (bicyclic) bond motifs is 1. The minimum Gasteiger partial charge on any atom is -0.491 e. The van der Waals surface area contributed by atoms with Crippen molar-refractivity contribution in [3.05, 3.63) is 59.9 Å². The van der Waals surface area contributed by atoms with Gasteiger partial charge >= 0.3 is 0 Å². The number of ether oxygens (including phenoxy) is 2. The molecular weight excluding hydrogens is 542 g/mol. The summed E-state index contributed by atoms with van der Waals surface area (Å²) in [7, 11) is 0. The summed E-state index contributed by atoms with van der Waals surface area (Å²) in [6.07, 6.45) is 5.65. The zero-order chi connectivity index (χ0) is 26.0. The van der Waals surface area contributed by atoms with Crippen LogP contribution >= 0.6 is 15.9 Å². The first-order valence-corrected chi connectivity index (χ1v) is 12.7. The van der Waals surface area contributed by atoms with E-state index < -0.39 is 6.29 Å². The van der Waals surface area contributed by atoms with E-state index in [0.29, 0.717) is 41.2 Å². The Morgan fingerprint density at radius 2 is 2.11 bits per heavy atom. The molecule has 0 saturated carbocycles. The minimum absolute atomic E-state index is 0.206. The standard InChI is InChI=1S/C26H28BrN5O5/c1-2-23(33)31-21-14-19-20(28-16-29-26(19)30-18-8-5-7-17(27)13-18)15-22(21)35-12-6-9-24(34)32-37-25-10-3-4-11-36-25/h2,5,7-8,13-16,25H,1,3-4,6,9-12H2,(H,31,33)(H,32,34)(H,28,29,30). The number of carbonyl (C=O) groups is 2. The quantitative estimate of drug-likeness (QED) is 0.167. The first-order valence-electron chi connectivity index (χ1n) is 12.0. The van der Waals surface area contributed by atoms with Crippen LogP contribution in [-0.4, -0.2) is 41.3 Å². The molecule has 2 aromatic carbocycles. The van der Waals surface area contributed by atoms with E-state index >= 15 is 0 Å². The number of halogens is 1. The maximum absolute atomic E-state index is 12.1. The van der Waals surface area contributed by atoms with Crippen molar-refractivity contribution in [2.75, 3.05) is 23.8 Å². The minimum atomic E-state index is -0.396. The summed E-state index contributed by atoms with van der Waals surface area (Å²) in [6.45, 7) is 4.39. The highest BCUT2D eigenvalue weighted by molar-refractivity contribution is 9.10. The maximum atomic E-state index is 12.1. The molecule has 4 rings (SSSR count). The Morgan fingerprint density at radius 1 is 1.22 bits per heavy atom. The molecule has 3 aromatic rings. The van der Waals surface area contributed by atoms with E-state index in [-0.39, 0.29) is 24.8 Å². The lowest BCUT2D eigenvalue weighted by molar-refractivity contribution is -0.200. The van der Waals surface area contributed by atoms with Gasteiger partial charge in [0.2, 0.25) is 11.8 Å². The van der Waals surface area contributed by atoms with Crippen LogP contribution in [0.4, 0.5) is 17.2 Å². The highest BCUT2D eigenvalue weighted by atomic mass is 79.9. The zero-order valence-electron chi connectivity index (χ0n) is 20.2. The van der Waals surface area contributed by atoms with Crippen LogP contribution in [0.25, 0.3) is 10.9 Å². The average molecular weight is 570 g/mol. The van der Waals surface area contributed by atoms with E-state index in [1.807, 2.05) is 24.3 Å². The molecule has 194 valence electrons. The Bertz CT molecular complexity index is 1270. The van der Waals surface area contributed by atoms with Gasteiger partial charge in [-0.15, -0.1) is 0 Å². The van der Waals surface area contributed by atoms with Crippen molar-refractivity contribution >= 4 is 55.8 Å². The largest absolute Gasteiger partial charge is 0.491 e. The lowest BCUT2D eigenvalue weighted by Gasteiger charge is -2.22. The second-order valence-electron chi connectivity index (χ2n) is 8.31. The van der Waals surface area contributed by atoms with Crippen molar-refractivity contribution < 1.29 is 23.9 Å². The van der Waals surface area contributed by atoms with E-state index in [2.05, 4.69) is 48.6 Å². The maximum Gasteiger partial charge on any atom is 0.247 e. The molecule has 2 amide bonds. The third-order valence-electron chi connectivity index (χ3n) is 5.52. The van der Waals surface area contributed by atoms with Gasteiger partial charge < -0.3 is 20.1 Å². The molecule has 37 heavy (non-hydrogen) atoms. The smallest absolute Gasteiger partial charge is 0.247 e. The third kappa shape index (κ3) is 7.72. The molecule has 2 heterocycles. The van der Waals surface area contributed by atoms with Crippen LogP contribution in [0.1, 0.15) is 32.1 Å². The molecule has 0 radical (unpaired) electrons. The van der Waals surface area contributed by atoms with Gasteiger partial charge in [-0.25, -0.2) is 20.3 Å². The van der Waals surface area contributed by atoms with Crippen molar-refractivity contribution in [3.8, 4) is 5.75 Å². The lowest BCUT2D eigenvalue weighted by atomic mass is 10.1. The van der Waals surface area contributed by atoms with Crippen molar-refractivity contribution in [1.29, 1.82) is 0 Å². The SMILES string of the molecule is C=CC(=O)Nc1cc2c(Nc3cccc(Br)c3)ncnc2cc1OCCCC(=O)NOC1CCCCO1. The van der Waals surface area contributed by atoms with Gasteiger partial charge in [0.15, 0.2) is 6.29 Å². The van der Waals surface area contributed by atoms with Gasteiger partial charge in [0.25, 0.3) is 0 Å². The molecule has 1 atom stereocenters. The number of hydrogen-bond donors (Lipinski definition) is 3. The predicted molar refractivity (Wildman–Crippen MR) is 143 cm³/mol. The number of carbonyl (C=O) groups excluding carboxylic acids is 2. The van der Waals surface area contributed by atoms with Gasteiger partial charge in [0.1, 0.15) is 17.9 Å². The number of benzene rings is 2. The monoisotopic (exact) mass is 569 g/mol. The first kappa shape index (κ1) is 26.5. The Kier molecular flexibility index (Phi) is 9.41. The Balaban J connectivity index is 1.42. The van der Waals surface area contributed by atoms with Gasteiger partial charge in [-0.05, 0) is 49.6 Å². The summed E-state index contributed by atoms with van der Waals surface area (Å²) in [5.41, 5.74) is 4.33. The molecule has 1 aliphatic heterocycles. The van der Waals surface area contributed by atoms with Gasteiger partial charge in [0, 0.05) is 41.1 Å². The number of nitrogens with zero attached hydrogens (tertiary/aromatic N) is 2. The molecule has 1 saturated heterocycles. The van der Waals surface area contributed by atoms with Crippen molar-refractivity contribution in [1.82, 2.24) is 15.4 Å². The fourth-order valence-electron chi connectivity index (χ4n) is 3.69. The number of rotatable bonds is 11. The summed E-state index contributed by atoms with van der Waals surface area (Å²) in [4.78, 5) is 38.2. The number of hydrogen-bond acceptors (Lipinski definition) is 8. The highest BCUT2D eigenvalue weighted by Gasteiger charge is 2.16. The van der Waals surface area contributed by atoms with E-state index in [4.69, 9.17) is 14.3 Å². The number of aromatic nitrogens is 2. The molecule has 10 nitrogen and oxygen atoms in total. The molecule has 0 spiro atoms. The fourth-order valence-corrected chi connectivity index (χ4v) is 4.09. The molecule has 0 aliphatic carbocycles. The zero-order valence-corrected chi connectivity index (χ0v) is 21.8. The molecule has 1 unspecified atom stereocenters. The normalized spacial score (nSPS) is 15.1. The van der Waals surface area contributed by atoms with Crippen LogP contribution in [0.5, 0.6) is 5.75 Å². The first-order chi connectivity index (χ1) is 18.0. The van der Waals surface area contributed by atoms with Gasteiger partial charge in [0.05, 0.1) is 17.8 Å². The summed E-state index contributed by atoms with van der Waals surface area (Å²) in [5, 5.41) is 6.75. The number of amides is 2. The van der Waals surface area contributed by atoms with E-state index in [1.54, 1.807) is 12.1 Å². The summed E-state index contributed by atoms with van der Waals surface area (Å²) in [5.74, 6) is 0.348. The average Bonchev–Trinajstić information content (AvgIpc) is 2.91. The van der Waals surface area contributed by atoms with Crippen LogP contribution in [-0.2, 0) is 19.2 Å². The van der Waals surface area contributed by atoms with Crippen molar-refractivity contribution in [2.24, 2.45) is 0 Å². The highest BCUT2D eigenvalue weighted by Crippen LogP contribution is 2.34. The number of nitrogens with one attached hydrogen (secondary N) is 3. The molecule has 1 fully saturated rings. The van der Waals surface area contributed by atoms with Crippen LogP contribution in [0.2, 0.25) is 0 Å². The van der Waals surface area contributed by atoms with Gasteiger partial charge in [-0.3, -0.25) is 9.59 Å². The summed E-state index contributed by atoms with van der Waals surface area (Å²) in [6, 6.07) is 11.2. The summed E-state index contributed by atoms with van der Waals surface area (Å²) >= 11 is 3.46. The molecule has 3 N–H and O–H groups in total. The van der Waals surface area contributed by atoms with Crippen LogP contribution in [0.3, 0.4) is 0 Å². The Morgan fingerprint density at radius 3 is 2.89 bits per heavy atom. The summed E-state index contributed by atoms with van der Waals surface area (Å²) < 4.78 is 12.3. The van der Waals surface area contributed by atoms with Gasteiger partial charge in [-0.2, -0.15) is 0 Å². The molecule has 1 aromatic heterocycles. The second-order valence-corrected chi connectivity index (χ2v) is 9.22. The molecule has 11 heteroatoms. The van der Waals surface area contributed by atoms with Gasteiger partial charge in [-0.1, -0.05) is 28.6 Å². The second kappa shape index (κ2) is 13.1. The van der Waals surface area contributed by atoms with Crippen LogP contribution < -0.4 is 20.9 Å². The van der Waals surface area contributed by atoms with Crippen molar-refractivity contribution in [3.63, 3.8) is 0 Å². The molecule has 1 aliphatic rings. The topological polar surface area (TPSA) is 124 Å². The predicted octanol–water partition coefficient (Wildman–Crippen LogP) is 4.99. The van der Waals surface area contributed by atoms with Crippen molar-refractivity contribution in [2.45, 2.75) is 38.4 Å². The van der Waals surface area contributed by atoms with Crippen LogP contribution in [0, 0.1) is 0 Å². The molecule has 0 bridgehead atoms. The number of hydroxylamine groups is 1. The van der Waals surface area contributed by atoms with E-state index in [1.165, 1.54) is 12.4 Å². The Hall–Kier alpha value is -3.54. The van der Waals surface area contributed by atoms with E-state index in [9.17, 15) is 9.59 Å². The molecular formula is C26H28BrN5O5. The number of anilines is 3. The third-order valence-corrected chi connectivity index (χ3v) is 6.01. The lowest BCUT2D eigenvalue weighted by Crippen LogP contribution is -2.33. The Labute approximate surface area is 222 Å².